The normalized spacial score (nSPS) is 16.8. The van der Waals surface area contributed by atoms with Crippen LogP contribution in [0.4, 0.5) is 0 Å². The lowest BCUT2D eigenvalue weighted by atomic mass is 10.0. The van der Waals surface area contributed by atoms with Crippen LogP contribution in [0.2, 0.25) is 0 Å². The van der Waals surface area contributed by atoms with Gasteiger partial charge in [0, 0.05) is 54.2 Å². The van der Waals surface area contributed by atoms with E-state index in [1.54, 1.807) is 0 Å². The average Bonchev–Trinajstić information content (AvgIpc) is 3.01. The largest absolute Gasteiger partial charge is 0.306 e. The number of hydrogen-bond acceptors (Lipinski definition) is 4. The van der Waals surface area contributed by atoms with Crippen LogP contribution in [0.1, 0.15) is 23.6 Å². The van der Waals surface area contributed by atoms with Gasteiger partial charge in [0.25, 0.3) is 0 Å². The SMILES string of the molecule is Cn1cc(CNC2CCSc3ccccc32)c(-c2ccncc2)n1. The summed E-state index contributed by atoms with van der Waals surface area (Å²) in [4.78, 5) is 5.50. The van der Waals surface area contributed by atoms with E-state index >= 15 is 0 Å². The summed E-state index contributed by atoms with van der Waals surface area (Å²) in [5.74, 6) is 1.17. The smallest absolute Gasteiger partial charge is 0.0969 e. The van der Waals surface area contributed by atoms with Crippen molar-refractivity contribution >= 4 is 11.8 Å². The van der Waals surface area contributed by atoms with Crippen LogP contribution < -0.4 is 5.32 Å². The Hall–Kier alpha value is -2.11. The van der Waals surface area contributed by atoms with Crippen LogP contribution in [0.5, 0.6) is 0 Å². The molecule has 3 aromatic rings. The second kappa shape index (κ2) is 6.79. The molecule has 4 rings (SSSR count). The van der Waals surface area contributed by atoms with E-state index in [0.717, 1.165) is 24.2 Å². The Morgan fingerprint density at radius 2 is 2.04 bits per heavy atom. The molecule has 0 aliphatic carbocycles. The minimum absolute atomic E-state index is 0.410. The van der Waals surface area contributed by atoms with Gasteiger partial charge in [-0.15, -0.1) is 11.8 Å². The molecule has 0 saturated carbocycles. The fraction of sp³-hybridized carbons (Fsp3) is 0.263. The molecule has 0 amide bonds. The Labute approximate surface area is 146 Å². The topological polar surface area (TPSA) is 42.7 Å². The molecule has 1 N–H and O–H groups in total. The lowest BCUT2D eigenvalue weighted by molar-refractivity contribution is 0.510. The zero-order valence-corrected chi connectivity index (χ0v) is 14.5. The Balaban J connectivity index is 1.56. The molecule has 1 atom stereocenters. The molecule has 1 unspecified atom stereocenters. The molecule has 1 aliphatic rings. The third-order valence-electron chi connectivity index (χ3n) is 4.36. The Kier molecular flexibility index (Phi) is 4.36. The van der Waals surface area contributed by atoms with Gasteiger partial charge in [-0.3, -0.25) is 9.67 Å². The van der Waals surface area contributed by atoms with Crippen molar-refractivity contribution in [2.45, 2.75) is 23.9 Å². The molecule has 1 aliphatic heterocycles. The van der Waals surface area contributed by atoms with Gasteiger partial charge in [-0.1, -0.05) is 18.2 Å². The quantitative estimate of drug-likeness (QED) is 0.787. The van der Waals surface area contributed by atoms with Gasteiger partial charge in [0.2, 0.25) is 0 Å². The van der Waals surface area contributed by atoms with Crippen LogP contribution in [0, 0.1) is 0 Å². The molecule has 0 spiro atoms. The number of aromatic nitrogens is 3. The van der Waals surface area contributed by atoms with Crippen molar-refractivity contribution in [3.8, 4) is 11.3 Å². The molecule has 0 saturated heterocycles. The zero-order chi connectivity index (χ0) is 16.4. The molecule has 4 nitrogen and oxygen atoms in total. The van der Waals surface area contributed by atoms with Crippen molar-refractivity contribution < 1.29 is 0 Å². The van der Waals surface area contributed by atoms with Gasteiger partial charge in [0.1, 0.15) is 0 Å². The highest BCUT2D eigenvalue weighted by Crippen LogP contribution is 2.36. The van der Waals surface area contributed by atoms with Gasteiger partial charge >= 0.3 is 0 Å². The molecule has 5 heteroatoms. The highest BCUT2D eigenvalue weighted by atomic mass is 32.2. The summed E-state index contributed by atoms with van der Waals surface area (Å²) in [6.45, 7) is 0.815. The highest BCUT2D eigenvalue weighted by Gasteiger charge is 2.20. The Morgan fingerprint density at radius 1 is 1.21 bits per heavy atom. The van der Waals surface area contributed by atoms with Crippen molar-refractivity contribution in [1.82, 2.24) is 20.1 Å². The first-order valence-electron chi connectivity index (χ1n) is 8.19. The van der Waals surface area contributed by atoms with E-state index in [1.807, 2.05) is 48.0 Å². The maximum Gasteiger partial charge on any atom is 0.0969 e. The van der Waals surface area contributed by atoms with Crippen molar-refractivity contribution in [1.29, 1.82) is 0 Å². The van der Waals surface area contributed by atoms with Crippen molar-refractivity contribution in [2.75, 3.05) is 5.75 Å². The van der Waals surface area contributed by atoms with E-state index in [0.29, 0.717) is 6.04 Å². The van der Waals surface area contributed by atoms with Crippen LogP contribution in [0.15, 0.2) is 59.9 Å². The molecule has 1 aromatic carbocycles. The van der Waals surface area contributed by atoms with Gasteiger partial charge in [0.15, 0.2) is 0 Å². The van der Waals surface area contributed by atoms with Crippen LogP contribution in [0.25, 0.3) is 11.3 Å². The van der Waals surface area contributed by atoms with Gasteiger partial charge in [-0.2, -0.15) is 5.10 Å². The van der Waals surface area contributed by atoms with Gasteiger partial charge in [-0.05, 0) is 35.9 Å². The van der Waals surface area contributed by atoms with Gasteiger partial charge < -0.3 is 5.32 Å². The zero-order valence-electron chi connectivity index (χ0n) is 13.6. The van der Waals surface area contributed by atoms with E-state index in [-0.39, 0.29) is 0 Å². The molecule has 3 heterocycles. The van der Waals surface area contributed by atoms with Crippen molar-refractivity contribution in [3.63, 3.8) is 0 Å². The van der Waals surface area contributed by atoms with Crippen LogP contribution in [-0.2, 0) is 13.6 Å². The fourth-order valence-corrected chi connectivity index (χ4v) is 4.33. The van der Waals surface area contributed by atoms with Crippen LogP contribution in [0.3, 0.4) is 0 Å². The Bertz CT molecular complexity index is 828. The minimum atomic E-state index is 0.410. The van der Waals surface area contributed by atoms with Gasteiger partial charge in [0.05, 0.1) is 5.69 Å². The molecular weight excluding hydrogens is 316 g/mol. The van der Waals surface area contributed by atoms with Gasteiger partial charge in [-0.25, -0.2) is 0 Å². The standard InChI is InChI=1S/C19H20N4S/c1-23-13-15(19(22-23)14-6-9-20-10-7-14)12-21-17-8-11-24-18-5-3-2-4-16(17)18/h2-7,9-10,13,17,21H,8,11-12H2,1H3. The predicted octanol–water partition coefficient (Wildman–Crippen LogP) is 3.81. The van der Waals surface area contributed by atoms with E-state index in [1.165, 1.54) is 21.8 Å². The van der Waals surface area contributed by atoms with Crippen molar-refractivity contribution in [3.05, 3.63) is 66.1 Å². The van der Waals surface area contributed by atoms with E-state index in [2.05, 4.69) is 45.9 Å². The number of rotatable bonds is 4. The first kappa shape index (κ1) is 15.4. The Morgan fingerprint density at radius 3 is 2.92 bits per heavy atom. The summed E-state index contributed by atoms with van der Waals surface area (Å²) in [6, 6.07) is 13.2. The maximum atomic E-state index is 4.63. The second-order valence-electron chi connectivity index (χ2n) is 6.02. The first-order chi connectivity index (χ1) is 11.8. The van der Waals surface area contributed by atoms with E-state index < -0.39 is 0 Å². The summed E-state index contributed by atoms with van der Waals surface area (Å²) < 4.78 is 1.89. The summed E-state index contributed by atoms with van der Waals surface area (Å²) in [5, 5.41) is 8.37. The lowest BCUT2D eigenvalue weighted by Gasteiger charge is -2.26. The third-order valence-corrected chi connectivity index (χ3v) is 5.48. The van der Waals surface area contributed by atoms with Crippen LogP contribution >= 0.6 is 11.8 Å². The first-order valence-corrected chi connectivity index (χ1v) is 9.18. The molecule has 0 radical (unpaired) electrons. The molecule has 0 fully saturated rings. The number of aryl methyl sites for hydroxylation is 1. The molecule has 2 aromatic heterocycles. The fourth-order valence-electron chi connectivity index (χ4n) is 3.21. The summed E-state index contributed by atoms with van der Waals surface area (Å²) in [5.41, 5.74) is 4.79. The van der Waals surface area contributed by atoms with E-state index in [4.69, 9.17) is 0 Å². The summed E-state index contributed by atoms with van der Waals surface area (Å²) in [7, 11) is 1.97. The second-order valence-corrected chi connectivity index (χ2v) is 7.16. The number of pyridine rings is 1. The molecular formula is C19H20N4S. The summed E-state index contributed by atoms with van der Waals surface area (Å²) >= 11 is 1.95. The number of nitrogens with zero attached hydrogens (tertiary/aromatic N) is 3. The average molecular weight is 336 g/mol. The monoisotopic (exact) mass is 336 g/mol. The number of benzene rings is 1. The number of thioether (sulfide) groups is 1. The van der Waals surface area contributed by atoms with E-state index in [9.17, 15) is 0 Å². The number of hydrogen-bond donors (Lipinski definition) is 1. The molecule has 122 valence electrons. The lowest BCUT2D eigenvalue weighted by Crippen LogP contribution is -2.24. The van der Waals surface area contributed by atoms with Crippen LogP contribution in [-0.4, -0.2) is 20.5 Å². The van der Waals surface area contributed by atoms with Crippen molar-refractivity contribution in [2.24, 2.45) is 7.05 Å². The predicted molar refractivity (Wildman–Crippen MR) is 97.8 cm³/mol. The maximum absolute atomic E-state index is 4.63. The third kappa shape index (κ3) is 3.09. The minimum Gasteiger partial charge on any atom is -0.306 e. The number of nitrogens with one attached hydrogen (secondary N) is 1. The highest BCUT2D eigenvalue weighted by molar-refractivity contribution is 7.99. The molecule has 0 bridgehead atoms. The number of fused-ring (bicyclic) bond motifs is 1. The molecule has 24 heavy (non-hydrogen) atoms. The summed E-state index contributed by atoms with van der Waals surface area (Å²) in [6.07, 6.45) is 6.89.